The molecule has 1 N–H and O–H groups in total. The Hall–Kier alpha value is -1.56. The largest absolute Gasteiger partial charge is 0.467 e. The number of esters is 1. The van der Waals surface area contributed by atoms with E-state index in [4.69, 9.17) is 4.74 Å². The van der Waals surface area contributed by atoms with Crippen molar-refractivity contribution in [2.24, 2.45) is 11.8 Å². The minimum absolute atomic E-state index is 0.0582. The summed E-state index contributed by atoms with van der Waals surface area (Å²) in [7, 11) is 1.44. The summed E-state index contributed by atoms with van der Waals surface area (Å²) in [6.07, 6.45) is 14.3. The molecule has 0 aromatic carbocycles. The normalized spacial score (nSPS) is 35.5. The van der Waals surface area contributed by atoms with Crippen molar-refractivity contribution < 1.29 is 14.3 Å². The standard InChI is InChI=1S/C24H37N3O3/c1-30-22(28)24(10-4-2-5-11-24)25-23(29)27-13-7-8-17-14-18-15-19(21(17)27)16-26-12-6-3-9-20(18)26/h14,18-21H,2-13,15-16H2,1H3,(H,25,29)/t18-,19+,20+,21+/m1/s1. The number of amides is 2. The lowest BCUT2D eigenvalue weighted by atomic mass is 9.68. The molecule has 0 aromatic heterocycles. The van der Waals surface area contributed by atoms with E-state index in [2.05, 4.69) is 21.2 Å². The van der Waals surface area contributed by atoms with E-state index in [1.54, 1.807) is 0 Å². The van der Waals surface area contributed by atoms with Crippen LogP contribution in [0.4, 0.5) is 4.79 Å². The molecule has 5 aliphatic rings. The molecule has 3 aliphatic heterocycles. The molecule has 4 atom stereocenters. The number of hydrogen-bond donors (Lipinski definition) is 1. The Kier molecular flexibility index (Phi) is 5.55. The van der Waals surface area contributed by atoms with Crippen LogP contribution >= 0.6 is 0 Å². The highest BCUT2D eigenvalue weighted by Crippen LogP contribution is 2.45. The average molecular weight is 416 g/mol. The first-order valence-corrected chi connectivity index (χ1v) is 12.2. The lowest BCUT2D eigenvalue weighted by molar-refractivity contribution is -0.149. The molecule has 6 nitrogen and oxygen atoms in total. The van der Waals surface area contributed by atoms with Crippen molar-refractivity contribution in [1.82, 2.24) is 15.1 Å². The number of carbonyl (C=O) groups is 2. The van der Waals surface area contributed by atoms with Gasteiger partial charge in [-0.25, -0.2) is 9.59 Å². The zero-order valence-electron chi connectivity index (χ0n) is 18.4. The highest BCUT2D eigenvalue weighted by Gasteiger charge is 2.49. The molecule has 3 saturated heterocycles. The Morgan fingerprint density at radius 1 is 1.10 bits per heavy atom. The van der Waals surface area contributed by atoms with E-state index in [0.717, 1.165) is 51.2 Å². The van der Waals surface area contributed by atoms with Crippen molar-refractivity contribution in [2.75, 3.05) is 26.7 Å². The van der Waals surface area contributed by atoms with Gasteiger partial charge < -0.3 is 15.0 Å². The molecule has 2 aliphatic carbocycles. The van der Waals surface area contributed by atoms with Gasteiger partial charge in [0.25, 0.3) is 0 Å². The van der Waals surface area contributed by atoms with E-state index in [9.17, 15) is 9.59 Å². The second kappa shape index (κ2) is 8.18. The van der Waals surface area contributed by atoms with Crippen LogP contribution in [0, 0.1) is 11.8 Å². The highest BCUT2D eigenvalue weighted by molar-refractivity contribution is 5.87. The van der Waals surface area contributed by atoms with Gasteiger partial charge in [-0.3, -0.25) is 4.90 Å². The van der Waals surface area contributed by atoms with E-state index in [1.165, 1.54) is 44.9 Å². The van der Waals surface area contributed by atoms with Crippen LogP contribution in [-0.4, -0.2) is 66.2 Å². The van der Waals surface area contributed by atoms with Gasteiger partial charge in [0.2, 0.25) is 0 Å². The van der Waals surface area contributed by atoms with Crippen molar-refractivity contribution in [2.45, 2.75) is 88.3 Å². The second-order valence-electron chi connectivity index (χ2n) is 10.3. The third-order valence-corrected chi connectivity index (χ3v) is 8.55. The summed E-state index contributed by atoms with van der Waals surface area (Å²) < 4.78 is 5.12. The predicted molar refractivity (Wildman–Crippen MR) is 115 cm³/mol. The Balaban J connectivity index is 1.37. The van der Waals surface area contributed by atoms with Crippen LogP contribution in [0.25, 0.3) is 0 Å². The van der Waals surface area contributed by atoms with E-state index >= 15 is 0 Å². The van der Waals surface area contributed by atoms with Crippen molar-refractivity contribution in [3.05, 3.63) is 11.6 Å². The van der Waals surface area contributed by atoms with Crippen LogP contribution in [0.2, 0.25) is 0 Å². The number of ether oxygens (including phenoxy) is 1. The number of likely N-dealkylation sites (tertiary alicyclic amines) is 1. The van der Waals surface area contributed by atoms with Gasteiger partial charge in [-0.1, -0.05) is 37.3 Å². The van der Waals surface area contributed by atoms with Crippen molar-refractivity contribution >= 4 is 12.0 Å². The molecular weight excluding hydrogens is 378 g/mol. The Labute approximate surface area is 180 Å². The van der Waals surface area contributed by atoms with Crippen molar-refractivity contribution in [1.29, 1.82) is 0 Å². The third-order valence-electron chi connectivity index (χ3n) is 8.55. The first kappa shape index (κ1) is 20.3. The Morgan fingerprint density at radius 2 is 1.93 bits per heavy atom. The molecule has 2 bridgehead atoms. The molecule has 0 radical (unpaired) electrons. The first-order valence-electron chi connectivity index (χ1n) is 12.2. The van der Waals surface area contributed by atoms with E-state index in [1.807, 2.05) is 0 Å². The van der Waals surface area contributed by atoms with E-state index in [-0.39, 0.29) is 18.0 Å². The summed E-state index contributed by atoms with van der Waals surface area (Å²) in [6, 6.07) is 0.866. The second-order valence-corrected chi connectivity index (χ2v) is 10.3. The zero-order valence-corrected chi connectivity index (χ0v) is 18.4. The maximum Gasteiger partial charge on any atom is 0.331 e. The molecule has 4 fully saturated rings. The smallest absolute Gasteiger partial charge is 0.331 e. The summed E-state index contributed by atoms with van der Waals surface area (Å²) in [6.45, 7) is 3.12. The van der Waals surface area contributed by atoms with Gasteiger partial charge in [-0.05, 0) is 63.3 Å². The average Bonchev–Trinajstić information content (AvgIpc) is 2.78. The molecule has 0 spiro atoms. The molecule has 3 heterocycles. The zero-order chi connectivity index (χ0) is 20.7. The Bertz CT molecular complexity index is 714. The predicted octanol–water partition coefficient (Wildman–Crippen LogP) is 3.47. The van der Waals surface area contributed by atoms with Crippen molar-refractivity contribution in [3.8, 4) is 0 Å². The fourth-order valence-corrected chi connectivity index (χ4v) is 7.21. The molecule has 0 unspecified atom stereocenters. The number of fused-ring (bicyclic) bond motifs is 6. The molecule has 30 heavy (non-hydrogen) atoms. The first-order chi connectivity index (χ1) is 14.6. The maximum absolute atomic E-state index is 13.6. The van der Waals surface area contributed by atoms with Gasteiger partial charge in [0.1, 0.15) is 5.54 Å². The van der Waals surface area contributed by atoms with Gasteiger partial charge in [0.05, 0.1) is 13.2 Å². The van der Waals surface area contributed by atoms with Gasteiger partial charge in [0, 0.05) is 19.1 Å². The number of nitrogens with one attached hydrogen (secondary N) is 1. The molecule has 1 saturated carbocycles. The van der Waals surface area contributed by atoms with Gasteiger partial charge in [-0.15, -0.1) is 0 Å². The molecule has 166 valence electrons. The fraction of sp³-hybridized carbons (Fsp3) is 0.833. The molecule has 5 rings (SSSR count). The monoisotopic (exact) mass is 415 g/mol. The fourth-order valence-electron chi connectivity index (χ4n) is 7.21. The van der Waals surface area contributed by atoms with Crippen LogP contribution in [0.15, 0.2) is 11.6 Å². The molecular formula is C24H37N3O3. The number of carbonyl (C=O) groups excluding carboxylic acids is 2. The number of piperidine rings is 3. The highest BCUT2D eigenvalue weighted by atomic mass is 16.5. The van der Waals surface area contributed by atoms with Crippen LogP contribution in [0.5, 0.6) is 0 Å². The molecule has 2 amide bonds. The number of hydrogen-bond acceptors (Lipinski definition) is 4. The molecule has 0 aromatic rings. The maximum atomic E-state index is 13.6. The summed E-state index contributed by atoms with van der Waals surface area (Å²) >= 11 is 0. The van der Waals surface area contributed by atoms with E-state index < -0.39 is 5.54 Å². The summed E-state index contributed by atoms with van der Waals surface area (Å²) in [5, 5.41) is 3.19. The molecule has 6 heteroatoms. The number of methoxy groups -OCH3 is 1. The van der Waals surface area contributed by atoms with Crippen LogP contribution in [0.1, 0.15) is 70.6 Å². The van der Waals surface area contributed by atoms with Gasteiger partial charge in [-0.2, -0.15) is 0 Å². The number of rotatable bonds is 2. The Morgan fingerprint density at radius 3 is 2.73 bits per heavy atom. The minimum Gasteiger partial charge on any atom is -0.467 e. The van der Waals surface area contributed by atoms with Gasteiger partial charge >= 0.3 is 12.0 Å². The number of nitrogens with zero attached hydrogens (tertiary/aromatic N) is 2. The summed E-state index contributed by atoms with van der Waals surface area (Å²) in [5.74, 6) is 0.912. The van der Waals surface area contributed by atoms with E-state index in [0.29, 0.717) is 24.7 Å². The number of urea groups is 1. The SMILES string of the molecule is COC(=O)C1(NC(=O)N2CCCC3=C[C@@H]4C[C@@H](CN5CCCC[C@@H]45)[C@H]32)CCCCC1. The van der Waals surface area contributed by atoms with Gasteiger partial charge in [0.15, 0.2) is 0 Å². The lowest BCUT2D eigenvalue weighted by Crippen LogP contribution is -2.64. The lowest BCUT2D eigenvalue weighted by Gasteiger charge is -2.55. The van der Waals surface area contributed by atoms with Crippen molar-refractivity contribution in [3.63, 3.8) is 0 Å². The van der Waals surface area contributed by atoms with Crippen LogP contribution in [0.3, 0.4) is 0 Å². The summed E-state index contributed by atoms with van der Waals surface area (Å²) in [4.78, 5) is 31.0. The minimum atomic E-state index is -0.840. The third kappa shape index (κ3) is 3.45. The van der Waals surface area contributed by atoms with Crippen LogP contribution < -0.4 is 5.32 Å². The quantitative estimate of drug-likeness (QED) is 0.554. The topological polar surface area (TPSA) is 61.9 Å². The van der Waals surface area contributed by atoms with Crippen LogP contribution in [-0.2, 0) is 9.53 Å². The summed E-state index contributed by atoms with van der Waals surface area (Å²) in [5.41, 5.74) is 0.645.